The number of imidazole rings is 1. The molecule has 4 nitrogen and oxygen atoms in total. The number of nitrogens with zero attached hydrogens (tertiary/aromatic N) is 2. The Balaban J connectivity index is 1.06. The number of fused-ring (bicyclic) bond motifs is 7. The van der Waals surface area contributed by atoms with Crippen molar-refractivity contribution >= 4 is 50.2 Å². The Morgan fingerprint density at radius 2 is 1.39 bits per heavy atom. The van der Waals surface area contributed by atoms with Crippen LogP contribution in [0, 0.1) is 0 Å². The molecule has 0 atom stereocenters. The van der Waals surface area contributed by atoms with Crippen LogP contribution in [0.4, 0.5) is 0 Å². The lowest BCUT2D eigenvalue weighted by Gasteiger charge is -2.14. The number of rotatable bonds is 3. The molecule has 8 aromatic rings. The van der Waals surface area contributed by atoms with Gasteiger partial charge in [-0.3, -0.25) is 0 Å². The molecular weight excluding hydrogens is 504 g/mol. The molecule has 0 N–H and O–H groups in total. The van der Waals surface area contributed by atoms with Crippen molar-refractivity contribution in [2.45, 2.75) is 12.8 Å². The van der Waals surface area contributed by atoms with E-state index in [1.54, 1.807) is 0 Å². The highest BCUT2D eigenvalue weighted by Gasteiger charge is 2.21. The summed E-state index contributed by atoms with van der Waals surface area (Å²) in [7, 11) is 0. The van der Waals surface area contributed by atoms with E-state index in [-0.39, 0.29) is 0 Å². The van der Waals surface area contributed by atoms with Crippen molar-refractivity contribution in [1.82, 2.24) is 9.38 Å². The molecular formula is C37H24N2O2. The lowest BCUT2D eigenvalue weighted by Crippen LogP contribution is -1.96. The summed E-state index contributed by atoms with van der Waals surface area (Å²) >= 11 is 0. The lowest BCUT2D eigenvalue weighted by atomic mass is 9.90. The van der Waals surface area contributed by atoms with Gasteiger partial charge in [-0.2, -0.15) is 0 Å². The van der Waals surface area contributed by atoms with Crippen molar-refractivity contribution in [1.29, 1.82) is 0 Å². The molecule has 1 aliphatic carbocycles. The van der Waals surface area contributed by atoms with E-state index in [1.807, 2.05) is 42.6 Å². The van der Waals surface area contributed by atoms with E-state index in [1.165, 1.54) is 27.8 Å². The molecule has 4 aromatic heterocycles. The summed E-state index contributed by atoms with van der Waals surface area (Å²) in [6.45, 7) is 0. The van der Waals surface area contributed by atoms with Crippen molar-refractivity contribution in [3.05, 3.63) is 132 Å². The van der Waals surface area contributed by atoms with Gasteiger partial charge in [-0.25, -0.2) is 4.98 Å². The number of benzene rings is 4. The van der Waals surface area contributed by atoms with Gasteiger partial charge in [-0.1, -0.05) is 66.7 Å². The Morgan fingerprint density at radius 3 is 2.32 bits per heavy atom. The summed E-state index contributed by atoms with van der Waals surface area (Å²) < 4.78 is 14.6. The summed E-state index contributed by atoms with van der Waals surface area (Å²) in [4.78, 5) is 4.80. The van der Waals surface area contributed by atoms with Gasteiger partial charge in [0.25, 0.3) is 0 Å². The molecule has 0 amide bonds. The van der Waals surface area contributed by atoms with Crippen LogP contribution in [0.5, 0.6) is 0 Å². The Labute approximate surface area is 235 Å². The largest absolute Gasteiger partial charge is 0.460 e. The van der Waals surface area contributed by atoms with Crippen LogP contribution in [0.15, 0.2) is 124 Å². The number of furan rings is 2. The molecule has 4 heteroatoms. The Kier molecular flexibility index (Phi) is 4.70. The van der Waals surface area contributed by atoms with Crippen LogP contribution < -0.4 is 0 Å². The first kappa shape index (κ1) is 22.5. The molecule has 0 saturated carbocycles. The van der Waals surface area contributed by atoms with Gasteiger partial charge < -0.3 is 13.2 Å². The highest BCUT2D eigenvalue weighted by atomic mass is 16.3. The molecule has 0 spiro atoms. The van der Waals surface area contributed by atoms with Gasteiger partial charge in [0, 0.05) is 46.1 Å². The van der Waals surface area contributed by atoms with E-state index in [0.29, 0.717) is 0 Å². The van der Waals surface area contributed by atoms with Crippen LogP contribution >= 0.6 is 0 Å². The van der Waals surface area contributed by atoms with Crippen molar-refractivity contribution in [2.24, 2.45) is 0 Å². The minimum absolute atomic E-state index is 0.890. The average molecular weight is 529 g/mol. The van der Waals surface area contributed by atoms with Crippen molar-refractivity contribution < 1.29 is 8.83 Å². The van der Waals surface area contributed by atoms with Gasteiger partial charge in [0.1, 0.15) is 28.2 Å². The fraction of sp³-hybridized carbons (Fsp3) is 0.0541. The number of para-hydroxylation sites is 1. The number of hydrogen-bond acceptors (Lipinski definition) is 3. The van der Waals surface area contributed by atoms with Crippen LogP contribution in [0.25, 0.3) is 72.6 Å². The molecule has 0 saturated heterocycles. The summed E-state index contributed by atoms with van der Waals surface area (Å²) in [6.07, 6.45) is 8.26. The highest BCUT2D eigenvalue weighted by Crippen LogP contribution is 2.40. The third kappa shape index (κ3) is 3.57. The Hall–Kier alpha value is -5.35. The van der Waals surface area contributed by atoms with E-state index >= 15 is 0 Å². The summed E-state index contributed by atoms with van der Waals surface area (Å²) in [5, 5.41) is 3.34. The van der Waals surface area contributed by atoms with Crippen molar-refractivity contribution in [3.8, 4) is 22.4 Å². The van der Waals surface area contributed by atoms with Gasteiger partial charge >= 0.3 is 0 Å². The maximum Gasteiger partial charge on any atom is 0.137 e. The first-order valence-electron chi connectivity index (χ1n) is 14.0. The molecule has 0 fully saturated rings. The molecule has 9 rings (SSSR count). The molecule has 194 valence electrons. The monoisotopic (exact) mass is 528 g/mol. The summed E-state index contributed by atoms with van der Waals surface area (Å²) in [6, 6.07) is 36.1. The zero-order chi connectivity index (χ0) is 26.9. The SMILES string of the molecule is C1=C(c2ccc(-c3cccc(-c4cn5ccccc5n4)c3)cc2)CCc2oc3cc4c(cc3c21)oc1ccccc14. The quantitative estimate of drug-likeness (QED) is 0.229. The van der Waals surface area contributed by atoms with Gasteiger partial charge in [-0.05, 0) is 71.2 Å². The fourth-order valence-corrected chi connectivity index (χ4v) is 6.26. The topological polar surface area (TPSA) is 43.6 Å². The second-order valence-electron chi connectivity index (χ2n) is 10.8. The lowest BCUT2D eigenvalue weighted by molar-refractivity contribution is 0.548. The van der Waals surface area contributed by atoms with Gasteiger partial charge in [0.05, 0.1) is 5.69 Å². The predicted molar refractivity (Wildman–Crippen MR) is 166 cm³/mol. The van der Waals surface area contributed by atoms with Crippen LogP contribution in [0.1, 0.15) is 23.3 Å². The first-order chi connectivity index (χ1) is 20.3. The first-order valence-corrected chi connectivity index (χ1v) is 14.0. The summed E-state index contributed by atoms with van der Waals surface area (Å²) in [5.41, 5.74) is 11.9. The molecule has 0 unspecified atom stereocenters. The number of aryl methyl sites for hydroxylation is 1. The predicted octanol–water partition coefficient (Wildman–Crippen LogP) is 9.80. The van der Waals surface area contributed by atoms with E-state index in [0.717, 1.165) is 68.4 Å². The highest BCUT2D eigenvalue weighted by molar-refractivity contribution is 6.11. The van der Waals surface area contributed by atoms with Crippen LogP contribution in [-0.4, -0.2) is 9.38 Å². The third-order valence-corrected chi connectivity index (χ3v) is 8.35. The van der Waals surface area contributed by atoms with Gasteiger partial charge in [-0.15, -0.1) is 0 Å². The number of pyridine rings is 1. The van der Waals surface area contributed by atoms with Gasteiger partial charge in [0.2, 0.25) is 0 Å². The molecule has 4 heterocycles. The Morgan fingerprint density at radius 1 is 0.585 bits per heavy atom. The summed E-state index contributed by atoms with van der Waals surface area (Å²) in [5.74, 6) is 1.06. The second kappa shape index (κ2) is 8.57. The van der Waals surface area contributed by atoms with Crippen LogP contribution in [-0.2, 0) is 6.42 Å². The van der Waals surface area contributed by atoms with Gasteiger partial charge in [0.15, 0.2) is 0 Å². The van der Waals surface area contributed by atoms with E-state index < -0.39 is 0 Å². The molecule has 0 aliphatic heterocycles. The fourth-order valence-electron chi connectivity index (χ4n) is 6.26. The van der Waals surface area contributed by atoms with Crippen LogP contribution in [0.3, 0.4) is 0 Å². The molecule has 0 bridgehead atoms. The van der Waals surface area contributed by atoms with E-state index in [2.05, 4.69) is 83.4 Å². The normalized spacial score (nSPS) is 13.3. The maximum absolute atomic E-state index is 6.35. The zero-order valence-electron chi connectivity index (χ0n) is 22.2. The van der Waals surface area contributed by atoms with Crippen LogP contribution in [0.2, 0.25) is 0 Å². The number of allylic oxidation sites excluding steroid dienone is 1. The minimum atomic E-state index is 0.890. The number of aromatic nitrogens is 2. The average Bonchev–Trinajstić information content (AvgIpc) is 3.73. The smallest absolute Gasteiger partial charge is 0.137 e. The van der Waals surface area contributed by atoms with E-state index in [9.17, 15) is 0 Å². The van der Waals surface area contributed by atoms with E-state index in [4.69, 9.17) is 13.8 Å². The molecule has 4 aromatic carbocycles. The number of hydrogen-bond donors (Lipinski definition) is 0. The third-order valence-electron chi connectivity index (χ3n) is 8.35. The molecule has 1 aliphatic rings. The maximum atomic E-state index is 6.35. The Bertz CT molecular complexity index is 2280. The zero-order valence-corrected chi connectivity index (χ0v) is 22.2. The van der Waals surface area contributed by atoms with Crippen molar-refractivity contribution in [2.75, 3.05) is 0 Å². The minimum Gasteiger partial charge on any atom is -0.460 e. The molecule has 41 heavy (non-hydrogen) atoms. The standard InChI is InChI=1S/C37H24N2O2/c1-2-9-33-28(8-1)30-20-36-31(21-35(30)40-33)29-19-26(15-16-34(29)41-36)24-13-11-23(12-14-24)25-6-5-7-27(18-25)32-22-39-17-4-3-10-37(39)38-32/h1-14,17-22H,15-16H2. The van der Waals surface area contributed by atoms with Crippen molar-refractivity contribution in [3.63, 3.8) is 0 Å². The molecule has 0 radical (unpaired) electrons. The second-order valence-corrected chi connectivity index (χ2v) is 10.8.